The number of furan rings is 1. The molecule has 0 N–H and O–H groups in total. The molecule has 0 radical (unpaired) electrons. The minimum atomic E-state index is -0.0792. The summed E-state index contributed by atoms with van der Waals surface area (Å²) in [6.45, 7) is 3.54. The number of hydrogen-bond donors (Lipinski definition) is 0. The molecule has 5 rings (SSSR count). The van der Waals surface area contributed by atoms with Crippen molar-refractivity contribution in [2.24, 2.45) is 0 Å². The molecule has 3 aromatic rings. The van der Waals surface area contributed by atoms with Gasteiger partial charge in [0.1, 0.15) is 11.9 Å². The van der Waals surface area contributed by atoms with Gasteiger partial charge in [-0.05, 0) is 49.9 Å². The summed E-state index contributed by atoms with van der Waals surface area (Å²) in [5.74, 6) is 1.86. The van der Waals surface area contributed by atoms with Crippen molar-refractivity contribution in [1.29, 1.82) is 0 Å². The largest absolute Gasteiger partial charge is 0.490 e. The van der Waals surface area contributed by atoms with E-state index in [1.165, 1.54) is 0 Å². The zero-order valence-electron chi connectivity index (χ0n) is 17.4. The fourth-order valence-electron chi connectivity index (χ4n) is 4.48. The zero-order chi connectivity index (χ0) is 21.0. The lowest BCUT2D eigenvalue weighted by molar-refractivity contribution is 0.0421. The molecule has 0 aromatic carbocycles. The van der Waals surface area contributed by atoms with Gasteiger partial charge >= 0.3 is 0 Å². The standard InChI is InChI=1S/C23H26N4O4/c28-23(20-16-22(31-25-20)21-2-1-15-29-21)27-11-5-17(6-12-27)26-13-7-19(8-14-26)30-18-3-9-24-10-4-18/h1-4,9-10,15-17,19H,5-8,11-14H2. The van der Waals surface area contributed by atoms with E-state index < -0.39 is 0 Å². The van der Waals surface area contributed by atoms with Crippen molar-refractivity contribution in [3.05, 3.63) is 54.7 Å². The van der Waals surface area contributed by atoms with Crippen LogP contribution in [0, 0.1) is 0 Å². The first-order valence-electron chi connectivity index (χ1n) is 10.9. The molecule has 0 saturated carbocycles. The topological polar surface area (TPSA) is 84.8 Å². The Morgan fingerprint density at radius 1 is 1.00 bits per heavy atom. The van der Waals surface area contributed by atoms with Gasteiger partial charge in [0.05, 0.1) is 6.26 Å². The third-order valence-electron chi connectivity index (χ3n) is 6.19. The van der Waals surface area contributed by atoms with Gasteiger partial charge in [-0.1, -0.05) is 5.16 Å². The van der Waals surface area contributed by atoms with Gasteiger partial charge in [0.25, 0.3) is 5.91 Å². The van der Waals surface area contributed by atoms with E-state index in [4.69, 9.17) is 13.7 Å². The Labute approximate surface area is 180 Å². The minimum absolute atomic E-state index is 0.0792. The Balaban J connectivity index is 1.10. The van der Waals surface area contributed by atoms with Crippen molar-refractivity contribution >= 4 is 5.91 Å². The highest BCUT2D eigenvalue weighted by Gasteiger charge is 2.31. The second-order valence-electron chi connectivity index (χ2n) is 8.11. The smallest absolute Gasteiger partial charge is 0.276 e. The summed E-state index contributed by atoms with van der Waals surface area (Å²) in [6.07, 6.45) is 9.35. The summed E-state index contributed by atoms with van der Waals surface area (Å²) in [4.78, 5) is 21.3. The van der Waals surface area contributed by atoms with Crippen LogP contribution in [0.15, 0.2) is 57.9 Å². The van der Waals surface area contributed by atoms with E-state index >= 15 is 0 Å². The lowest BCUT2D eigenvalue weighted by Gasteiger charge is -2.41. The van der Waals surface area contributed by atoms with Gasteiger partial charge in [0, 0.05) is 50.7 Å². The number of likely N-dealkylation sites (tertiary alicyclic amines) is 2. The number of amides is 1. The maximum absolute atomic E-state index is 12.8. The lowest BCUT2D eigenvalue weighted by atomic mass is 9.98. The normalized spacial score (nSPS) is 18.9. The van der Waals surface area contributed by atoms with Crippen molar-refractivity contribution in [2.45, 2.75) is 37.8 Å². The quantitative estimate of drug-likeness (QED) is 0.622. The van der Waals surface area contributed by atoms with E-state index in [0.717, 1.165) is 57.6 Å². The molecule has 0 bridgehead atoms. The average Bonchev–Trinajstić information content (AvgIpc) is 3.52. The van der Waals surface area contributed by atoms with Gasteiger partial charge in [0.2, 0.25) is 5.76 Å². The number of ether oxygens (including phenoxy) is 1. The Bertz CT molecular complexity index is 972. The van der Waals surface area contributed by atoms with Crippen LogP contribution >= 0.6 is 0 Å². The number of carbonyl (C=O) groups excluding carboxylic acids is 1. The number of nitrogens with zero attached hydrogens (tertiary/aromatic N) is 4. The highest BCUT2D eigenvalue weighted by atomic mass is 16.5. The van der Waals surface area contributed by atoms with Crippen LogP contribution < -0.4 is 4.74 Å². The van der Waals surface area contributed by atoms with Crippen LogP contribution in [0.25, 0.3) is 11.5 Å². The molecule has 0 aliphatic carbocycles. The molecule has 1 amide bonds. The summed E-state index contributed by atoms with van der Waals surface area (Å²) in [7, 11) is 0. The van der Waals surface area contributed by atoms with E-state index in [0.29, 0.717) is 23.3 Å². The predicted molar refractivity (Wildman–Crippen MR) is 113 cm³/mol. The van der Waals surface area contributed by atoms with Crippen LogP contribution in [0.2, 0.25) is 0 Å². The first-order valence-corrected chi connectivity index (χ1v) is 10.9. The first-order chi connectivity index (χ1) is 15.3. The molecule has 3 aromatic heterocycles. The number of pyridine rings is 1. The maximum atomic E-state index is 12.8. The molecular weight excluding hydrogens is 396 g/mol. The van der Waals surface area contributed by atoms with Crippen LogP contribution in [-0.2, 0) is 0 Å². The van der Waals surface area contributed by atoms with Gasteiger partial charge in [-0.15, -0.1) is 0 Å². The van der Waals surface area contributed by atoms with Crippen molar-refractivity contribution in [1.82, 2.24) is 19.9 Å². The summed E-state index contributed by atoms with van der Waals surface area (Å²) in [5, 5.41) is 3.94. The third-order valence-corrected chi connectivity index (χ3v) is 6.19. The van der Waals surface area contributed by atoms with Gasteiger partial charge in [0.15, 0.2) is 11.5 Å². The van der Waals surface area contributed by atoms with E-state index in [1.54, 1.807) is 36.9 Å². The van der Waals surface area contributed by atoms with Gasteiger partial charge in [-0.25, -0.2) is 0 Å². The predicted octanol–water partition coefficient (Wildman–Crippen LogP) is 3.48. The zero-order valence-corrected chi connectivity index (χ0v) is 17.4. The second kappa shape index (κ2) is 8.93. The summed E-state index contributed by atoms with van der Waals surface area (Å²) < 4.78 is 16.7. The Hall–Kier alpha value is -3.13. The summed E-state index contributed by atoms with van der Waals surface area (Å²) >= 11 is 0. The van der Waals surface area contributed by atoms with Crippen LogP contribution in [-0.4, -0.2) is 64.2 Å². The molecule has 8 heteroatoms. The number of carbonyl (C=O) groups is 1. The number of aromatic nitrogens is 2. The molecule has 2 saturated heterocycles. The Morgan fingerprint density at radius 3 is 2.48 bits per heavy atom. The van der Waals surface area contributed by atoms with Crippen LogP contribution in [0.1, 0.15) is 36.2 Å². The van der Waals surface area contributed by atoms with Crippen LogP contribution in [0.4, 0.5) is 0 Å². The monoisotopic (exact) mass is 422 g/mol. The molecule has 5 heterocycles. The number of piperidine rings is 2. The van der Waals surface area contributed by atoms with Crippen LogP contribution in [0.3, 0.4) is 0 Å². The fourth-order valence-corrected chi connectivity index (χ4v) is 4.48. The highest BCUT2D eigenvalue weighted by molar-refractivity contribution is 5.93. The minimum Gasteiger partial charge on any atom is -0.490 e. The first kappa shape index (κ1) is 19.8. The highest BCUT2D eigenvalue weighted by Crippen LogP contribution is 2.25. The Kier molecular flexibility index (Phi) is 5.71. The molecule has 162 valence electrons. The van der Waals surface area contributed by atoms with E-state index in [-0.39, 0.29) is 12.0 Å². The number of rotatable bonds is 5. The molecule has 2 fully saturated rings. The van der Waals surface area contributed by atoms with E-state index in [9.17, 15) is 4.79 Å². The summed E-state index contributed by atoms with van der Waals surface area (Å²) in [5.41, 5.74) is 0.332. The summed E-state index contributed by atoms with van der Waals surface area (Å²) in [6, 6.07) is 9.55. The Morgan fingerprint density at radius 2 is 1.77 bits per heavy atom. The van der Waals surface area contributed by atoms with E-state index in [1.807, 2.05) is 17.0 Å². The van der Waals surface area contributed by atoms with Gasteiger partial charge in [-0.2, -0.15) is 0 Å². The average molecular weight is 422 g/mol. The molecule has 31 heavy (non-hydrogen) atoms. The number of hydrogen-bond acceptors (Lipinski definition) is 7. The molecule has 2 aliphatic rings. The molecule has 0 spiro atoms. The lowest BCUT2D eigenvalue weighted by Crippen LogP contribution is -2.50. The van der Waals surface area contributed by atoms with Gasteiger partial charge in [-0.3, -0.25) is 14.7 Å². The van der Waals surface area contributed by atoms with Crippen molar-refractivity contribution in [2.75, 3.05) is 26.2 Å². The van der Waals surface area contributed by atoms with E-state index in [2.05, 4.69) is 15.0 Å². The van der Waals surface area contributed by atoms with Crippen molar-refractivity contribution in [3.8, 4) is 17.3 Å². The SMILES string of the molecule is O=C(c1cc(-c2ccco2)on1)N1CCC(N2CCC(Oc3ccncc3)CC2)CC1. The molecule has 2 aliphatic heterocycles. The molecule has 0 atom stereocenters. The second-order valence-corrected chi connectivity index (χ2v) is 8.11. The fraction of sp³-hybridized carbons (Fsp3) is 0.435. The third kappa shape index (κ3) is 4.49. The molecular formula is C23H26N4O4. The maximum Gasteiger partial charge on any atom is 0.276 e. The van der Waals surface area contributed by atoms with Gasteiger partial charge < -0.3 is 18.6 Å². The van der Waals surface area contributed by atoms with Crippen LogP contribution in [0.5, 0.6) is 5.75 Å². The van der Waals surface area contributed by atoms with Crippen molar-refractivity contribution in [3.63, 3.8) is 0 Å². The van der Waals surface area contributed by atoms with Crippen molar-refractivity contribution < 1.29 is 18.5 Å². The molecule has 8 nitrogen and oxygen atoms in total. The molecule has 0 unspecified atom stereocenters.